The van der Waals surface area contributed by atoms with E-state index < -0.39 is 0 Å². The fourth-order valence-corrected chi connectivity index (χ4v) is 1.58. The van der Waals surface area contributed by atoms with Crippen molar-refractivity contribution >= 4 is 11.2 Å². The molecule has 0 aliphatic heterocycles. The summed E-state index contributed by atoms with van der Waals surface area (Å²) in [6, 6.07) is 5.20. The van der Waals surface area contributed by atoms with Gasteiger partial charge in [0.15, 0.2) is 5.65 Å². The summed E-state index contributed by atoms with van der Waals surface area (Å²) in [6.45, 7) is 0. The summed E-state index contributed by atoms with van der Waals surface area (Å²) in [5.74, 6) is 0. The molecule has 3 aromatic heterocycles. The van der Waals surface area contributed by atoms with E-state index in [9.17, 15) is 4.79 Å². The van der Waals surface area contributed by atoms with Gasteiger partial charge in [-0.25, -0.2) is 9.97 Å². The summed E-state index contributed by atoms with van der Waals surface area (Å²) < 4.78 is 0. The zero-order valence-electron chi connectivity index (χ0n) is 8.27. The van der Waals surface area contributed by atoms with Crippen LogP contribution in [0.15, 0.2) is 41.7 Å². The van der Waals surface area contributed by atoms with E-state index in [1.54, 1.807) is 24.8 Å². The van der Waals surface area contributed by atoms with Gasteiger partial charge in [0.1, 0.15) is 0 Å². The number of rotatable bonds is 1. The number of imidazole rings is 1. The third-order valence-corrected chi connectivity index (χ3v) is 2.39. The van der Waals surface area contributed by atoms with Crippen molar-refractivity contribution in [2.45, 2.75) is 0 Å². The Bertz CT molecular complexity index is 678. The molecule has 0 amide bonds. The Morgan fingerprint density at radius 3 is 2.81 bits per heavy atom. The SMILES string of the molecule is O=c1ccc(-c2cnc3nc[nH]c3c2)c[nH]1. The summed E-state index contributed by atoms with van der Waals surface area (Å²) in [6.07, 6.45) is 5.01. The van der Waals surface area contributed by atoms with Crippen molar-refractivity contribution in [3.05, 3.63) is 47.3 Å². The average Bonchev–Trinajstić information content (AvgIpc) is 2.77. The summed E-state index contributed by atoms with van der Waals surface area (Å²) in [5, 5.41) is 0. The predicted molar refractivity (Wildman–Crippen MR) is 59.9 cm³/mol. The van der Waals surface area contributed by atoms with Crippen molar-refractivity contribution < 1.29 is 0 Å². The molecule has 0 saturated heterocycles. The number of pyridine rings is 2. The molecule has 5 heteroatoms. The Balaban J connectivity index is 2.17. The monoisotopic (exact) mass is 212 g/mol. The molecule has 0 atom stereocenters. The molecule has 3 rings (SSSR count). The van der Waals surface area contributed by atoms with Gasteiger partial charge in [0.25, 0.3) is 0 Å². The van der Waals surface area contributed by atoms with E-state index in [0.29, 0.717) is 5.65 Å². The van der Waals surface area contributed by atoms with Crippen LogP contribution in [0, 0.1) is 0 Å². The highest BCUT2D eigenvalue weighted by Crippen LogP contribution is 2.19. The van der Waals surface area contributed by atoms with Crippen molar-refractivity contribution in [1.82, 2.24) is 19.9 Å². The topological polar surface area (TPSA) is 74.4 Å². The highest BCUT2D eigenvalue weighted by molar-refractivity contribution is 5.77. The summed E-state index contributed by atoms with van der Waals surface area (Å²) in [4.78, 5) is 24.8. The molecule has 16 heavy (non-hydrogen) atoms. The molecule has 3 aromatic rings. The number of fused-ring (bicyclic) bond motifs is 1. The van der Waals surface area contributed by atoms with Gasteiger partial charge in [-0.1, -0.05) is 0 Å². The Labute approximate surface area is 90.2 Å². The van der Waals surface area contributed by atoms with Crippen LogP contribution in [0.1, 0.15) is 0 Å². The van der Waals surface area contributed by atoms with Crippen molar-refractivity contribution in [3.63, 3.8) is 0 Å². The number of nitrogens with zero attached hydrogens (tertiary/aromatic N) is 2. The first-order valence-corrected chi connectivity index (χ1v) is 4.81. The van der Waals surface area contributed by atoms with Gasteiger partial charge in [0.05, 0.1) is 11.8 Å². The smallest absolute Gasteiger partial charge is 0.247 e. The van der Waals surface area contributed by atoms with Gasteiger partial charge in [0, 0.05) is 24.0 Å². The van der Waals surface area contributed by atoms with Crippen LogP contribution in [0.25, 0.3) is 22.3 Å². The first-order valence-electron chi connectivity index (χ1n) is 4.81. The van der Waals surface area contributed by atoms with Crippen LogP contribution < -0.4 is 5.56 Å². The predicted octanol–water partition coefficient (Wildman–Crippen LogP) is 1.31. The van der Waals surface area contributed by atoms with Gasteiger partial charge >= 0.3 is 0 Å². The minimum absolute atomic E-state index is 0.112. The standard InChI is InChI=1S/C11H8N4O/c16-10-2-1-7(4-12-10)8-3-9-11(13-5-8)15-6-14-9/h1-6H,(H,12,16)(H,13,14,15). The molecule has 0 aromatic carbocycles. The van der Waals surface area contributed by atoms with Crippen molar-refractivity contribution in [2.75, 3.05) is 0 Å². The quantitative estimate of drug-likeness (QED) is 0.638. The normalized spacial score (nSPS) is 10.8. The number of nitrogens with one attached hydrogen (secondary N) is 2. The zero-order valence-corrected chi connectivity index (χ0v) is 8.27. The maximum atomic E-state index is 10.9. The molecule has 0 radical (unpaired) electrons. The van der Waals surface area contributed by atoms with Crippen molar-refractivity contribution in [1.29, 1.82) is 0 Å². The highest BCUT2D eigenvalue weighted by Gasteiger charge is 2.01. The Kier molecular flexibility index (Phi) is 1.83. The van der Waals surface area contributed by atoms with Crippen molar-refractivity contribution in [2.24, 2.45) is 0 Å². The minimum atomic E-state index is -0.112. The van der Waals surface area contributed by atoms with Gasteiger partial charge in [-0.15, -0.1) is 0 Å². The lowest BCUT2D eigenvalue weighted by atomic mass is 10.1. The van der Waals surface area contributed by atoms with Crippen LogP contribution >= 0.6 is 0 Å². The Morgan fingerprint density at radius 1 is 1.06 bits per heavy atom. The third-order valence-electron chi connectivity index (χ3n) is 2.39. The average molecular weight is 212 g/mol. The van der Waals surface area contributed by atoms with Gasteiger partial charge in [-0.05, 0) is 17.7 Å². The second-order valence-electron chi connectivity index (χ2n) is 3.44. The van der Waals surface area contributed by atoms with Crippen LogP contribution in [-0.4, -0.2) is 19.9 Å². The second kappa shape index (κ2) is 3.30. The van der Waals surface area contributed by atoms with E-state index in [1.165, 1.54) is 6.07 Å². The molecule has 0 bridgehead atoms. The molecule has 0 aliphatic rings. The van der Waals surface area contributed by atoms with E-state index >= 15 is 0 Å². The maximum Gasteiger partial charge on any atom is 0.247 e. The lowest BCUT2D eigenvalue weighted by Gasteiger charge is -1.99. The molecule has 3 heterocycles. The third kappa shape index (κ3) is 1.38. The summed E-state index contributed by atoms with van der Waals surface area (Å²) >= 11 is 0. The van der Waals surface area contributed by atoms with Crippen LogP contribution in [0.4, 0.5) is 0 Å². The van der Waals surface area contributed by atoms with Crippen LogP contribution in [0.2, 0.25) is 0 Å². The number of hydrogen-bond donors (Lipinski definition) is 2. The number of hydrogen-bond acceptors (Lipinski definition) is 3. The highest BCUT2D eigenvalue weighted by atomic mass is 16.1. The molecule has 0 aliphatic carbocycles. The van der Waals surface area contributed by atoms with Gasteiger partial charge < -0.3 is 9.97 Å². The molecular formula is C11H8N4O. The van der Waals surface area contributed by atoms with E-state index in [4.69, 9.17) is 0 Å². The molecule has 5 nitrogen and oxygen atoms in total. The van der Waals surface area contributed by atoms with Gasteiger partial charge in [0.2, 0.25) is 5.56 Å². The largest absolute Gasteiger partial charge is 0.343 e. The van der Waals surface area contributed by atoms with Crippen molar-refractivity contribution in [3.8, 4) is 11.1 Å². The molecule has 2 N–H and O–H groups in total. The first kappa shape index (κ1) is 8.84. The van der Waals surface area contributed by atoms with E-state index in [1.807, 2.05) is 6.07 Å². The lowest BCUT2D eigenvalue weighted by molar-refractivity contribution is 1.24. The number of aromatic amines is 2. The van der Waals surface area contributed by atoms with Crippen LogP contribution in [-0.2, 0) is 0 Å². The Morgan fingerprint density at radius 2 is 2.00 bits per heavy atom. The zero-order chi connectivity index (χ0) is 11.0. The Hall–Kier alpha value is -2.43. The maximum absolute atomic E-state index is 10.9. The van der Waals surface area contributed by atoms with Gasteiger partial charge in [-0.2, -0.15) is 0 Å². The van der Waals surface area contributed by atoms with Gasteiger partial charge in [-0.3, -0.25) is 4.79 Å². The minimum Gasteiger partial charge on any atom is -0.343 e. The second-order valence-corrected chi connectivity index (χ2v) is 3.44. The first-order chi connectivity index (χ1) is 7.83. The molecular weight excluding hydrogens is 204 g/mol. The molecule has 0 spiro atoms. The van der Waals surface area contributed by atoms with E-state index in [-0.39, 0.29) is 5.56 Å². The lowest BCUT2D eigenvalue weighted by Crippen LogP contribution is -2.01. The fourth-order valence-electron chi connectivity index (χ4n) is 1.58. The summed E-state index contributed by atoms with van der Waals surface area (Å²) in [7, 11) is 0. The summed E-state index contributed by atoms with van der Waals surface area (Å²) in [5.41, 5.74) is 3.31. The fraction of sp³-hybridized carbons (Fsp3) is 0. The number of H-pyrrole nitrogens is 2. The van der Waals surface area contributed by atoms with E-state index in [0.717, 1.165) is 16.6 Å². The van der Waals surface area contributed by atoms with Crippen LogP contribution in [0.3, 0.4) is 0 Å². The molecule has 0 unspecified atom stereocenters. The molecule has 0 saturated carbocycles. The molecule has 0 fully saturated rings. The number of aromatic nitrogens is 4. The van der Waals surface area contributed by atoms with Crippen LogP contribution in [0.5, 0.6) is 0 Å². The molecule has 78 valence electrons. The van der Waals surface area contributed by atoms with E-state index in [2.05, 4.69) is 19.9 Å².